The van der Waals surface area contributed by atoms with E-state index in [9.17, 15) is 5.11 Å². The van der Waals surface area contributed by atoms with Crippen LogP contribution in [0.5, 0.6) is 5.75 Å². The minimum atomic E-state index is -0.645. The first-order chi connectivity index (χ1) is 15.6. The second-order valence-corrected chi connectivity index (χ2v) is 8.01. The molecule has 0 spiro atoms. The Morgan fingerprint density at radius 2 is 1.91 bits per heavy atom. The molecule has 1 aliphatic heterocycles. The maximum Gasteiger partial charge on any atom is 0.191 e. The van der Waals surface area contributed by atoms with E-state index in [1.165, 1.54) is 11.1 Å². The molecule has 1 atom stereocenters. The number of benzene rings is 2. The molecule has 7 heteroatoms. The second-order valence-electron chi connectivity index (χ2n) is 8.01. The number of aliphatic imine (C=N–C) groups is 1. The van der Waals surface area contributed by atoms with Crippen LogP contribution in [0.2, 0.25) is 0 Å². The van der Waals surface area contributed by atoms with Gasteiger partial charge in [0.2, 0.25) is 0 Å². The number of hydrogen-bond donors (Lipinski definition) is 3. The van der Waals surface area contributed by atoms with Crippen LogP contribution >= 0.6 is 0 Å². The van der Waals surface area contributed by atoms with E-state index in [0.29, 0.717) is 19.0 Å². The molecule has 1 saturated heterocycles. The fourth-order valence-electron chi connectivity index (χ4n) is 3.54. The number of aliphatic hydroxyl groups is 1. The molecule has 2 aromatic carbocycles. The van der Waals surface area contributed by atoms with Gasteiger partial charge in [-0.15, -0.1) is 0 Å². The van der Waals surface area contributed by atoms with E-state index < -0.39 is 6.10 Å². The van der Waals surface area contributed by atoms with Crippen molar-refractivity contribution in [1.82, 2.24) is 15.5 Å². The first-order valence-corrected chi connectivity index (χ1v) is 11.4. The van der Waals surface area contributed by atoms with Gasteiger partial charge in [-0.3, -0.25) is 4.90 Å². The number of hydrogen-bond acceptors (Lipinski definition) is 5. The lowest BCUT2D eigenvalue weighted by atomic mass is 10.1. The van der Waals surface area contributed by atoms with Crippen molar-refractivity contribution in [2.75, 3.05) is 46.0 Å². The van der Waals surface area contributed by atoms with Gasteiger partial charge in [0.05, 0.1) is 19.8 Å². The molecule has 3 N–H and O–H groups in total. The smallest absolute Gasteiger partial charge is 0.191 e. The Bertz CT molecular complexity index is 853. The summed E-state index contributed by atoms with van der Waals surface area (Å²) in [6.45, 7) is 10.4. The molecule has 1 aliphatic rings. The van der Waals surface area contributed by atoms with Crippen molar-refractivity contribution >= 4 is 5.96 Å². The zero-order chi connectivity index (χ0) is 22.6. The van der Waals surface area contributed by atoms with Gasteiger partial charge in [0.25, 0.3) is 0 Å². The molecule has 32 heavy (non-hydrogen) atoms. The van der Waals surface area contributed by atoms with Crippen LogP contribution in [0.25, 0.3) is 0 Å². The van der Waals surface area contributed by atoms with Crippen LogP contribution in [0, 0.1) is 6.92 Å². The van der Waals surface area contributed by atoms with E-state index in [-0.39, 0.29) is 6.61 Å². The molecule has 3 rings (SSSR count). The monoisotopic (exact) mass is 440 g/mol. The van der Waals surface area contributed by atoms with Crippen molar-refractivity contribution in [2.24, 2.45) is 4.99 Å². The topological polar surface area (TPSA) is 78.4 Å². The predicted octanol–water partition coefficient (Wildman–Crippen LogP) is 2.32. The maximum atomic E-state index is 10.3. The summed E-state index contributed by atoms with van der Waals surface area (Å²) in [5.41, 5.74) is 3.63. The van der Waals surface area contributed by atoms with Crippen LogP contribution in [0.3, 0.4) is 0 Å². The highest BCUT2D eigenvalue weighted by molar-refractivity contribution is 5.79. The van der Waals surface area contributed by atoms with Gasteiger partial charge in [-0.1, -0.05) is 36.4 Å². The third-order valence-corrected chi connectivity index (χ3v) is 5.30. The van der Waals surface area contributed by atoms with Gasteiger partial charge in [0.1, 0.15) is 18.5 Å². The molecule has 0 amide bonds. The SMILES string of the molecule is CCNC(=NCc1ccccc1CN1CCOCC1)NCC(O)COc1cccc(C)c1. The molecule has 0 bridgehead atoms. The Morgan fingerprint density at radius 1 is 1.12 bits per heavy atom. The van der Waals surface area contributed by atoms with Gasteiger partial charge in [0.15, 0.2) is 5.96 Å². The highest BCUT2D eigenvalue weighted by atomic mass is 16.5. The Kier molecular flexibility index (Phi) is 9.81. The zero-order valence-electron chi connectivity index (χ0n) is 19.2. The quantitative estimate of drug-likeness (QED) is 0.389. The summed E-state index contributed by atoms with van der Waals surface area (Å²) < 4.78 is 11.2. The highest BCUT2D eigenvalue weighted by Gasteiger charge is 2.13. The standard InChI is InChI=1S/C25H36N4O3/c1-3-26-25(28-17-23(30)19-32-24-10-6-7-20(2)15-24)27-16-21-8-4-5-9-22(21)18-29-11-13-31-14-12-29/h4-10,15,23,30H,3,11-14,16-19H2,1-2H3,(H2,26,27,28). The second kappa shape index (κ2) is 13.1. The van der Waals surface area contributed by atoms with E-state index in [1.807, 2.05) is 38.1 Å². The van der Waals surface area contributed by atoms with E-state index in [1.54, 1.807) is 0 Å². The Morgan fingerprint density at radius 3 is 2.66 bits per heavy atom. The predicted molar refractivity (Wildman–Crippen MR) is 128 cm³/mol. The van der Waals surface area contributed by atoms with Gasteiger partial charge in [0, 0.05) is 32.7 Å². The van der Waals surface area contributed by atoms with Crippen molar-refractivity contribution in [3.05, 3.63) is 65.2 Å². The van der Waals surface area contributed by atoms with E-state index in [2.05, 4.69) is 39.8 Å². The molecular weight excluding hydrogens is 404 g/mol. The van der Waals surface area contributed by atoms with Crippen molar-refractivity contribution < 1.29 is 14.6 Å². The molecular formula is C25H36N4O3. The Hall–Kier alpha value is -2.61. The molecule has 174 valence electrons. The first-order valence-electron chi connectivity index (χ1n) is 11.4. The summed E-state index contributed by atoms with van der Waals surface area (Å²) in [6.07, 6.45) is -0.645. The number of morpholine rings is 1. The molecule has 1 unspecified atom stereocenters. The highest BCUT2D eigenvalue weighted by Crippen LogP contribution is 2.14. The molecule has 0 saturated carbocycles. The average Bonchev–Trinajstić information content (AvgIpc) is 2.81. The number of ether oxygens (including phenoxy) is 2. The van der Waals surface area contributed by atoms with Crippen LogP contribution < -0.4 is 15.4 Å². The number of aliphatic hydroxyl groups excluding tert-OH is 1. The third-order valence-electron chi connectivity index (χ3n) is 5.30. The fourth-order valence-corrected chi connectivity index (χ4v) is 3.54. The third kappa shape index (κ3) is 8.15. The number of aryl methyl sites for hydroxylation is 1. The zero-order valence-corrected chi connectivity index (χ0v) is 19.2. The van der Waals surface area contributed by atoms with E-state index >= 15 is 0 Å². The molecule has 1 heterocycles. The van der Waals surface area contributed by atoms with Crippen molar-refractivity contribution in [3.8, 4) is 5.75 Å². The summed E-state index contributed by atoms with van der Waals surface area (Å²) >= 11 is 0. The van der Waals surface area contributed by atoms with Gasteiger partial charge in [-0.05, 0) is 42.7 Å². The largest absolute Gasteiger partial charge is 0.491 e. The lowest BCUT2D eigenvalue weighted by molar-refractivity contribution is 0.0341. The molecule has 2 aromatic rings. The van der Waals surface area contributed by atoms with Crippen LogP contribution in [0.15, 0.2) is 53.5 Å². The van der Waals surface area contributed by atoms with Gasteiger partial charge in [-0.25, -0.2) is 4.99 Å². The molecule has 0 aliphatic carbocycles. The van der Waals surface area contributed by atoms with Crippen molar-refractivity contribution in [2.45, 2.75) is 33.0 Å². The normalized spacial score (nSPS) is 15.9. The van der Waals surface area contributed by atoms with Crippen LogP contribution in [-0.4, -0.2) is 68.1 Å². The summed E-state index contributed by atoms with van der Waals surface area (Å²) in [5.74, 6) is 1.45. The lowest BCUT2D eigenvalue weighted by Gasteiger charge is -2.27. The lowest BCUT2D eigenvalue weighted by Crippen LogP contribution is -2.42. The van der Waals surface area contributed by atoms with E-state index in [0.717, 1.165) is 50.7 Å². The Labute approximate surface area is 191 Å². The Balaban J connectivity index is 1.52. The van der Waals surface area contributed by atoms with Crippen LogP contribution in [-0.2, 0) is 17.8 Å². The minimum Gasteiger partial charge on any atom is -0.491 e. The minimum absolute atomic E-state index is 0.220. The summed E-state index contributed by atoms with van der Waals surface area (Å²) in [7, 11) is 0. The maximum absolute atomic E-state index is 10.3. The van der Waals surface area contributed by atoms with Crippen molar-refractivity contribution in [3.63, 3.8) is 0 Å². The summed E-state index contributed by atoms with van der Waals surface area (Å²) in [6, 6.07) is 16.3. The molecule has 1 fully saturated rings. The van der Waals surface area contributed by atoms with Gasteiger partial charge >= 0.3 is 0 Å². The number of guanidine groups is 1. The van der Waals surface area contributed by atoms with Crippen LogP contribution in [0.1, 0.15) is 23.6 Å². The average molecular weight is 441 g/mol. The molecule has 0 radical (unpaired) electrons. The summed E-state index contributed by atoms with van der Waals surface area (Å²) in [4.78, 5) is 7.16. The number of nitrogens with one attached hydrogen (secondary N) is 2. The summed E-state index contributed by atoms with van der Waals surface area (Å²) in [5, 5.41) is 16.8. The molecule has 7 nitrogen and oxygen atoms in total. The van der Waals surface area contributed by atoms with Gasteiger partial charge < -0.3 is 25.2 Å². The van der Waals surface area contributed by atoms with Gasteiger partial charge in [-0.2, -0.15) is 0 Å². The fraction of sp³-hybridized carbons (Fsp3) is 0.480. The first kappa shape index (κ1) is 24.0. The molecule has 0 aromatic heterocycles. The van der Waals surface area contributed by atoms with E-state index in [4.69, 9.17) is 14.5 Å². The van der Waals surface area contributed by atoms with Crippen molar-refractivity contribution in [1.29, 1.82) is 0 Å². The van der Waals surface area contributed by atoms with Crippen LogP contribution in [0.4, 0.5) is 0 Å². The number of nitrogens with zero attached hydrogens (tertiary/aromatic N) is 2. The number of rotatable bonds is 10.